The second kappa shape index (κ2) is 3.22. The second-order valence-electron chi connectivity index (χ2n) is 3.31. The molecule has 0 unspecified atom stereocenters. The minimum Gasteiger partial charge on any atom is -0.497 e. The molecule has 0 radical (unpaired) electrons. The number of benzene rings is 1. The maximum atomic E-state index is 8.97. The average Bonchev–Trinajstić information content (AvgIpc) is 2.85. The SMILES string of the molecule is COc1ccc2c(c1)sc1ncc(C#N)n12. The Morgan fingerprint density at radius 2 is 2.38 bits per heavy atom. The Balaban J connectivity index is 2.44. The van der Waals surface area contributed by atoms with Crippen LogP contribution >= 0.6 is 11.3 Å². The van der Waals surface area contributed by atoms with Crippen LogP contribution in [0.4, 0.5) is 0 Å². The van der Waals surface area contributed by atoms with E-state index in [1.807, 2.05) is 22.6 Å². The van der Waals surface area contributed by atoms with Crippen molar-refractivity contribution in [1.29, 1.82) is 5.26 Å². The van der Waals surface area contributed by atoms with E-state index in [2.05, 4.69) is 11.1 Å². The van der Waals surface area contributed by atoms with E-state index < -0.39 is 0 Å². The first-order valence-electron chi connectivity index (χ1n) is 4.67. The standard InChI is InChI=1S/C11H7N3OS/c1-15-8-2-3-9-10(4-8)16-11-13-6-7(5-12)14(9)11/h2-4,6H,1H3. The van der Waals surface area contributed by atoms with Gasteiger partial charge in [-0.15, -0.1) is 0 Å². The van der Waals surface area contributed by atoms with Crippen LogP contribution in [0.5, 0.6) is 5.75 Å². The largest absolute Gasteiger partial charge is 0.497 e. The molecule has 0 bridgehead atoms. The summed E-state index contributed by atoms with van der Waals surface area (Å²) in [6.45, 7) is 0. The third kappa shape index (κ3) is 1.11. The molecular weight excluding hydrogens is 222 g/mol. The number of ether oxygens (including phenoxy) is 1. The van der Waals surface area contributed by atoms with E-state index in [0.29, 0.717) is 5.69 Å². The number of imidazole rings is 1. The van der Waals surface area contributed by atoms with Crippen molar-refractivity contribution in [3.63, 3.8) is 0 Å². The Morgan fingerprint density at radius 3 is 3.12 bits per heavy atom. The van der Waals surface area contributed by atoms with Crippen molar-refractivity contribution >= 4 is 26.5 Å². The lowest BCUT2D eigenvalue weighted by Crippen LogP contribution is -1.85. The van der Waals surface area contributed by atoms with Crippen molar-refractivity contribution in [2.45, 2.75) is 0 Å². The van der Waals surface area contributed by atoms with E-state index in [1.165, 1.54) is 0 Å². The van der Waals surface area contributed by atoms with Crippen molar-refractivity contribution in [1.82, 2.24) is 9.38 Å². The van der Waals surface area contributed by atoms with Gasteiger partial charge in [0.25, 0.3) is 0 Å². The predicted molar refractivity (Wildman–Crippen MR) is 61.8 cm³/mol. The highest BCUT2D eigenvalue weighted by Crippen LogP contribution is 2.29. The molecule has 3 aromatic rings. The van der Waals surface area contributed by atoms with Crippen molar-refractivity contribution in [2.24, 2.45) is 0 Å². The van der Waals surface area contributed by atoms with E-state index in [-0.39, 0.29) is 0 Å². The number of thiazole rings is 1. The van der Waals surface area contributed by atoms with E-state index >= 15 is 0 Å². The summed E-state index contributed by atoms with van der Waals surface area (Å²) in [6, 6.07) is 7.92. The zero-order chi connectivity index (χ0) is 11.1. The molecule has 4 nitrogen and oxygen atoms in total. The van der Waals surface area contributed by atoms with Crippen LogP contribution in [0.1, 0.15) is 5.69 Å². The monoisotopic (exact) mass is 229 g/mol. The van der Waals surface area contributed by atoms with Gasteiger partial charge in [0.1, 0.15) is 17.5 Å². The summed E-state index contributed by atoms with van der Waals surface area (Å²) in [5, 5.41) is 8.97. The molecule has 2 heterocycles. The van der Waals surface area contributed by atoms with Gasteiger partial charge in [-0.25, -0.2) is 4.98 Å². The van der Waals surface area contributed by atoms with Gasteiger partial charge in [0.2, 0.25) is 0 Å². The number of methoxy groups -OCH3 is 1. The molecule has 0 saturated heterocycles. The Kier molecular flexibility index (Phi) is 1.85. The van der Waals surface area contributed by atoms with Crippen LogP contribution in [0.25, 0.3) is 15.2 Å². The third-order valence-corrected chi connectivity index (χ3v) is 3.47. The molecule has 3 rings (SSSR count). The summed E-state index contributed by atoms with van der Waals surface area (Å²) in [5.41, 5.74) is 1.56. The van der Waals surface area contributed by atoms with Gasteiger partial charge < -0.3 is 4.74 Å². The molecule has 0 aliphatic carbocycles. The number of fused-ring (bicyclic) bond motifs is 3. The summed E-state index contributed by atoms with van der Waals surface area (Å²) < 4.78 is 8.09. The highest BCUT2D eigenvalue weighted by molar-refractivity contribution is 7.23. The Bertz CT molecular complexity index is 720. The third-order valence-electron chi connectivity index (χ3n) is 2.45. The first-order valence-corrected chi connectivity index (χ1v) is 5.49. The molecule has 5 heteroatoms. The van der Waals surface area contributed by atoms with Crippen molar-refractivity contribution < 1.29 is 4.74 Å². The lowest BCUT2D eigenvalue weighted by atomic mass is 10.3. The lowest BCUT2D eigenvalue weighted by Gasteiger charge is -1.98. The molecule has 0 aliphatic heterocycles. The Labute approximate surface area is 95.3 Å². The van der Waals surface area contributed by atoms with E-state index in [9.17, 15) is 0 Å². The molecule has 1 aromatic carbocycles. The molecule has 0 N–H and O–H groups in total. The number of rotatable bonds is 1. The van der Waals surface area contributed by atoms with Gasteiger partial charge in [-0.2, -0.15) is 5.26 Å². The van der Waals surface area contributed by atoms with Crippen LogP contribution in [-0.2, 0) is 0 Å². The molecule has 0 spiro atoms. The molecule has 2 aromatic heterocycles. The highest BCUT2D eigenvalue weighted by atomic mass is 32.1. The fraction of sp³-hybridized carbons (Fsp3) is 0.0909. The van der Waals surface area contributed by atoms with Crippen LogP contribution in [0.3, 0.4) is 0 Å². The van der Waals surface area contributed by atoms with E-state index in [4.69, 9.17) is 10.00 Å². The number of nitriles is 1. The van der Waals surface area contributed by atoms with Crippen LogP contribution < -0.4 is 4.74 Å². The lowest BCUT2D eigenvalue weighted by molar-refractivity contribution is 0.415. The topological polar surface area (TPSA) is 50.3 Å². The molecule has 0 atom stereocenters. The number of nitrogens with zero attached hydrogens (tertiary/aromatic N) is 3. The summed E-state index contributed by atoms with van der Waals surface area (Å²) in [7, 11) is 1.64. The van der Waals surface area contributed by atoms with E-state index in [0.717, 1.165) is 20.9 Å². The van der Waals surface area contributed by atoms with Gasteiger partial charge in [0, 0.05) is 0 Å². The minimum atomic E-state index is 0.561. The quantitative estimate of drug-likeness (QED) is 0.644. The zero-order valence-electron chi connectivity index (χ0n) is 8.47. The van der Waals surface area contributed by atoms with Gasteiger partial charge in [0.15, 0.2) is 4.96 Å². The predicted octanol–water partition coefficient (Wildman–Crippen LogP) is 2.43. The van der Waals surface area contributed by atoms with Gasteiger partial charge >= 0.3 is 0 Å². The number of hydrogen-bond acceptors (Lipinski definition) is 4. The maximum Gasteiger partial charge on any atom is 0.195 e. The minimum absolute atomic E-state index is 0.561. The fourth-order valence-corrected chi connectivity index (χ4v) is 2.73. The zero-order valence-corrected chi connectivity index (χ0v) is 9.28. The molecule has 0 saturated carbocycles. The van der Waals surface area contributed by atoms with Crippen LogP contribution in [-0.4, -0.2) is 16.5 Å². The highest BCUT2D eigenvalue weighted by Gasteiger charge is 2.10. The van der Waals surface area contributed by atoms with Crippen molar-refractivity contribution in [3.8, 4) is 11.8 Å². The van der Waals surface area contributed by atoms with Crippen LogP contribution in [0.2, 0.25) is 0 Å². The average molecular weight is 229 g/mol. The molecule has 16 heavy (non-hydrogen) atoms. The summed E-state index contributed by atoms with van der Waals surface area (Å²) in [4.78, 5) is 5.03. The molecule has 78 valence electrons. The Hall–Kier alpha value is -2.06. The van der Waals surface area contributed by atoms with Crippen LogP contribution in [0.15, 0.2) is 24.4 Å². The fourth-order valence-electron chi connectivity index (χ4n) is 1.70. The maximum absolute atomic E-state index is 8.97. The second-order valence-corrected chi connectivity index (χ2v) is 4.32. The first kappa shape index (κ1) is 9.19. The first-order chi connectivity index (χ1) is 7.83. The normalized spacial score (nSPS) is 10.8. The van der Waals surface area contributed by atoms with Crippen LogP contribution in [0, 0.1) is 11.3 Å². The smallest absolute Gasteiger partial charge is 0.195 e. The molecule has 0 fully saturated rings. The van der Waals surface area contributed by atoms with Gasteiger partial charge in [0.05, 0.1) is 23.5 Å². The number of hydrogen-bond donors (Lipinski definition) is 0. The molecular formula is C11H7N3OS. The van der Waals surface area contributed by atoms with Gasteiger partial charge in [-0.05, 0) is 18.2 Å². The molecule has 0 amide bonds. The summed E-state index contributed by atoms with van der Waals surface area (Å²) >= 11 is 1.55. The molecule has 0 aliphatic rings. The van der Waals surface area contributed by atoms with Gasteiger partial charge in [-0.3, -0.25) is 4.40 Å². The number of aromatic nitrogens is 2. The van der Waals surface area contributed by atoms with E-state index in [1.54, 1.807) is 24.6 Å². The summed E-state index contributed by atoms with van der Waals surface area (Å²) in [6.07, 6.45) is 1.59. The Morgan fingerprint density at radius 1 is 1.50 bits per heavy atom. The summed E-state index contributed by atoms with van der Waals surface area (Å²) in [5.74, 6) is 0.815. The van der Waals surface area contributed by atoms with Crippen molar-refractivity contribution in [3.05, 3.63) is 30.1 Å². The van der Waals surface area contributed by atoms with Gasteiger partial charge in [-0.1, -0.05) is 11.3 Å². The van der Waals surface area contributed by atoms with Crippen molar-refractivity contribution in [2.75, 3.05) is 7.11 Å².